The number of allylic oxidation sites excluding steroid dienone is 3. The van der Waals surface area contributed by atoms with E-state index in [-0.39, 0.29) is 35.5 Å². The molecule has 3 nitrogen and oxygen atoms in total. The third kappa shape index (κ3) is 2.67. The van der Waals surface area contributed by atoms with Crippen LogP contribution in [-0.2, 0) is 9.59 Å². The van der Waals surface area contributed by atoms with Gasteiger partial charge in [0.2, 0.25) is 11.8 Å². The third-order valence-corrected chi connectivity index (χ3v) is 7.09. The number of amides is 2. The highest BCUT2D eigenvalue weighted by Crippen LogP contribution is 2.58. The number of imide groups is 1. The Kier molecular flexibility index (Phi) is 4.25. The molecule has 2 amide bonds. The first kappa shape index (κ1) is 19.0. The lowest BCUT2D eigenvalue weighted by atomic mass is 9.85. The average Bonchev–Trinajstić information content (AvgIpc) is 3.45. The standard InChI is InChI=1S/C29H23NO2/c1-18-9-8-14-21(17-18)30-28(31)26-22-15-16-23(27(26)29(30)32)25(22)24(19-10-4-2-5-11-19)20-12-6-3-7-13-20/h2-17,22-23,26-27H,1H3/t22-,23+,26-,27-/m0/s1. The summed E-state index contributed by atoms with van der Waals surface area (Å²) in [4.78, 5) is 28.6. The molecule has 1 saturated heterocycles. The van der Waals surface area contributed by atoms with E-state index in [2.05, 4.69) is 36.4 Å². The molecular formula is C29H23NO2. The lowest BCUT2D eigenvalue weighted by molar-refractivity contribution is -0.122. The van der Waals surface area contributed by atoms with E-state index in [0.29, 0.717) is 5.69 Å². The van der Waals surface area contributed by atoms with Crippen molar-refractivity contribution in [2.24, 2.45) is 23.7 Å². The molecule has 156 valence electrons. The van der Waals surface area contributed by atoms with Crippen molar-refractivity contribution in [1.29, 1.82) is 0 Å². The summed E-state index contributed by atoms with van der Waals surface area (Å²) < 4.78 is 0. The number of hydrogen-bond donors (Lipinski definition) is 0. The molecule has 2 fully saturated rings. The van der Waals surface area contributed by atoms with Gasteiger partial charge in [0.25, 0.3) is 0 Å². The first-order chi connectivity index (χ1) is 15.6. The Morgan fingerprint density at radius 2 is 1.22 bits per heavy atom. The van der Waals surface area contributed by atoms with E-state index in [9.17, 15) is 9.59 Å². The van der Waals surface area contributed by atoms with Crippen molar-refractivity contribution in [1.82, 2.24) is 0 Å². The fourth-order valence-corrected chi connectivity index (χ4v) is 5.83. The van der Waals surface area contributed by atoms with Gasteiger partial charge < -0.3 is 0 Å². The van der Waals surface area contributed by atoms with Crippen LogP contribution in [0.2, 0.25) is 0 Å². The molecule has 3 aliphatic rings. The number of fused-ring (bicyclic) bond motifs is 5. The zero-order valence-electron chi connectivity index (χ0n) is 17.8. The molecule has 6 rings (SSSR count). The van der Waals surface area contributed by atoms with Crippen molar-refractivity contribution >= 4 is 23.1 Å². The molecule has 0 aromatic heterocycles. The molecule has 1 aliphatic heterocycles. The highest BCUT2D eigenvalue weighted by atomic mass is 16.2. The molecular weight excluding hydrogens is 394 g/mol. The van der Waals surface area contributed by atoms with Gasteiger partial charge in [-0.25, -0.2) is 4.90 Å². The summed E-state index contributed by atoms with van der Waals surface area (Å²) in [5.41, 5.74) is 6.35. The zero-order valence-corrected chi connectivity index (χ0v) is 17.8. The van der Waals surface area contributed by atoms with Gasteiger partial charge in [0, 0.05) is 11.8 Å². The number of hydrogen-bond acceptors (Lipinski definition) is 2. The molecule has 0 spiro atoms. The maximum Gasteiger partial charge on any atom is 0.238 e. The van der Waals surface area contributed by atoms with Crippen LogP contribution in [0.1, 0.15) is 16.7 Å². The van der Waals surface area contributed by atoms with Crippen molar-refractivity contribution in [2.75, 3.05) is 4.90 Å². The van der Waals surface area contributed by atoms with Gasteiger partial charge in [-0.15, -0.1) is 0 Å². The summed E-state index contributed by atoms with van der Waals surface area (Å²) in [6, 6.07) is 28.3. The van der Waals surface area contributed by atoms with Gasteiger partial charge in [-0.1, -0.05) is 84.9 Å². The second kappa shape index (κ2) is 7.16. The Bertz CT molecular complexity index is 1210. The minimum Gasteiger partial charge on any atom is -0.274 e. The van der Waals surface area contributed by atoms with E-state index in [4.69, 9.17) is 0 Å². The topological polar surface area (TPSA) is 37.4 Å². The lowest BCUT2D eigenvalue weighted by Crippen LogP contribution is -2.33. The minimum absolute atomic E-state index is 0.0494. The molecule has 1 heterocycles. The fourth-order valence-electron chi connectivity index (χ4n) is 5.83. The quantitative estimate of drug-likeness (QED) is 0.422. The van der Waals surface area contributed by atoms with Gasteiger partial charge in [-0.2, -0.15) is 0 Å². The molecule has 32 heavy (non-hydrogen) atoms. The molecule has 3 aromatic rings. The maximum absolute atomic E-state index is 13.6. The van der Waals surface area contributed by atoms with Crippen molar-refractivity contribution in [2.45, 2.75) is 6.92 Å². The summed E-state index contributed by atoms with van der Waals surface area (Å²) in [6.45, 7) is 1.98. The fraction of sp³-hybridized carbons (Fsp3) is 0.172. The van der Waals surface area contributed by atoms with Crippen molar-refractivity contribution < 1.29 is 9.59 Å². The van der Waals surface area contributed by atoms with E-state index in [1.807, 2.05) is 67.6 Å². The summed E-state index contributed by atoms with van der Waals surface area (Å²) >= 11 is 0. The molecule has 4 atom stereocenters. The Morgan fingerprint density at radius 3 is 1.72 bits per heavy atom. The Hall–Kier alpha value is -3.72. The number of anilines is 1. The van der Waals surface area contributed by atoms with Crippen LogP contribution in [0.4, 0.5) is 5.69 Å². The summed E-state index contributed by atoms with van der Waals surface area (Å²) in [5, 5.41) is 0. The molecule has 0 unspecified atom stereocenters. The van der Waals surface area contributed by atoms with Gasteiger partial charge in [0.05, 0.1) is 17.5 Å². The van der Waals surface area contributed by atoms with Crippen molar-refractivity contribution in [3.8, 4) is 0 Å². The zero-order chi connectivity index (χ0) is 21.8. The van der Waals surface area contributed by atoms with Crippen molar-refractivity contribution in [3.05, 3.63) is 119 Å². The third-order valence-electron chi connectivity index (χ3n) is 7.09. The number of benzene rings is 3. The van der Waals surface area contributed by atoms with Gasteiger partial charge >= 0.3 is 0 Å². The largest absolute Gasteiger partial charge is 0.274 e. The van der Waals surface area contributed by atoms with Gasteiger partial charge in [-0.3, -0.25) is 9.59 Å². The van der Waals surface area contributed by atoms with E-state index in [1.54, 1.807) is 0 Å². The van der Waals surface area contributed by atoms with E-state index < -0.39 is 0 Å². The molecule has 3 heteroatoms. The predicted molar refractivity (Wildman–Crippen MR) is 126 cm³/mol. The molecule has 1 saturated carbocycles. The summed E-state index contributed by atoms with van der Waals surface area (Å²) in [7, 11) is 0. The summed E-state index contributed by atoms with van der Waals surface area (Å²) in [5.74, 6) is -0.884. The van der Waals surface area contributed by atoms with Crippen LogP contribution in [0, 0.1) is 30.6 Å². The van der Waals surface area contributed by atoms with Crippen LogP contribution in [-0.4, -0.2) is 11.8 Å². The monoisotopic (exact) mass is 417 g/mol. The van der Waals surface area contributed by atoms with Crippen molar-refractivity contribution in [3.63, 3.8) is 0 Å². The second-order valence-electron chi connectivity index (χ2n) is 8.90. The van der Waals surface area contributed by atoms with Crippen LogP contribution < -0.4 is 4.90 Å². The number of rotatable bonds is 3. The van der Waals surface area contributed by atoms with Crippen LogP contribution in [0.25, 0.3) is 5.57 Å². The van der Waals surface area contributed by atoms with Crippen LogP contribution >= 0.6 is 0 Å². The van der Waals surface area contributed by atoms with Crippen LogP contribution in [0.3, 0.4) is 0 Å². The maximum atomic E-state index is 13.6. The van der Waals surface area contributed by atoms with E-state index in [0.717, 1.165) is 22.3 Å². The smallest absolute Gasteiger partial charge is 0.238 e. The first-order valence-corrected chi connectivity index (χ1v) is 11.1. The van der Waals surface area contributed by atoms with Gasteiger partial charge in [0.1, 0.15) is 0 Å². The molecule has 2 bridgehead atoms. The van der Waals surface area contributed by atoms with E-state index in [1.165, 1.54) is 10.5 Å². The SMILES string of the molecule is Cc1cccc(N2C(=O)[C@@H]3[C@@H](C2=O)[C@H]2C=C[C@@H]3C2=C(c2ccccc2)c2ccccc2)c1. The lowest BCUT2D eigenvalue weighted by Gasteiger charge is -2.21. The minimum atomic E-state index is -0.324. The Morgan fingerprint density at radius 1 is 0.688 bits per heavy atom. The Balaban J connectivity index is 1.49. The number of aryl methyl sites for hydroxylation is 1. The average molecular weight is 418 g/mol. The number of carbonyl (C=O) groups excluding carboxylic acids is 2. The summed E-state index contributed by atoms with van der Waals surface area (Å²) in [6.07, 6.45) is 4.30. The van der Waals surface area contributed by atoms with Gasteiger partial charge in [-0.05, 0) is 46.9 Å². The number of carbonyl (C=O) groups is 2. The van der Waals surface area contributed by atoms with E-state index >= 15 is 0 Å². The molecule has 0 N–H and O–H groups in total. The molecule has 2 aliphatic carbocycles. The molecule has 0 radical (unpaired) electrons. The predicted octanol–water partition coefficient (Wildman–Crippen LogP) is 5.42. The first-order valence-electron chi connectivity index (χ1n) is 11.1. The molecule has 3 aromatic carbocycles. The van der Waals surface area contributed by atoms with Crippen LogP contribution in [0.5, 0.6) is 0 Å². The number of nitrogens with zero attached hydrogens (tertiary/aromatic N) is 1. The highest BCUT2D eigenvalue weighted by molar-refractivity contribution is 6.23. The normalized spacial score (nSPS) is 25.5. The van der Waals surface area contributed by atoms with Gasteiger partial charge in [0.15, 0.2) is 0 Å². The Labute approximate surface area is 187 Å². The van der Waals surface area contributed by atoms with Crippen LogP contribution in [0.15, 0.2) is 103 Å². The second-order valence-corrected chi connectivity index (χ2v) is 8.90. The highest BCUT2D eigenvalue weighted by Gasteiger charge is 2.62.